The van der Waals surface area contributed by atoms with Gasteiger partial charge in [0.25, 0.3) is 0 Å². The van der Waals surface area contributed by atoms with Gasteiger partial charge >= 0.3 is 0 Å². The number of likely N-dealkylation sites (tertiary alicyclic amines) is 1. The molecule has 0 atom stereocenters. The molecule has 0 amide bonds. The van der Waals surface area contributed by atoms with Crippen LogP contribution in [0.5, 0.6) is 0 Å². The monoisotopic (exact) mass is 310 g/mol. The van der Waals surface area contributed by atoms with E-state index in [4.69, 9.17) is 0 Å². The summed E-state index contributed by atoms with van der Waals surface area (Å²) in [5.41, 5.74) is 2.50. The van der Waals surface area contributed by atoms with Crippen molar-refractivity contribution in [1.29, 1.82) is 0 Å². The Morgan fingerprint density at radius 3 is 2.33 bits per heavy atom. The molecule has 0 spiro atoms. The first-order chi connectivity index (χ1) is 8.58. The molecule has 1 heterocycles. The second-order valence-electron chi connectivity index (χ2n) is 5.50. The van der Waals surface area contributed by atoms with E-state index in [0.717, 1.165) is 10.7 Å². The predicted molar refractivity (Wildman–Crippen MR) is 82.3 cm³/mol. The number of rotatable bonds is 4. The molecule has 0 aromatic heterocycles. The first-order valence-corrected chi connectivity index (χ1v) is 7.67. The lowest BCUT2D eigenvalue weighted by Gasteiger charge is -2.33. The molecule has 3 heteroatoms. The normalized spacial score (nSPS) is 24.4. The Hall–Kier alpha value is -0.410. The Morgan fingerprint density at radius 1 is 1.22 bits per heavy atom. The van der Waals surface area contributed by atoms with E-state index < -0.39 is 0 Å². The number of nitrogens with zero attached hydrogens (tertiary/aromatic N) is 2. The highest BCUT2D eigenvalue weighted by molar-refractivity contribution is 9.18. The fourth-order valence-corrected chi connectivity index (χ4v) is 2.75. The van der Waals surface area contributed by atoms with Gasteiger partial charge in [-0.05, 0) is 85.6 Å². The quantitative estimate of drug-likeness (QED) is 0.563. The molecule has 0 radical (unpaired) electrons. The second-order valence-corrected chi connectivity index (χ2v) is 6.65. The summed E-state index contributed by atoms with van der Waals surface area (Å²) in [6, 6.07) is 0.913. The van der Waals surface area contributed by atoms with Crippen LogP contribution in [0.2, 0.25) is 0 Å². The van der Waals surface area contributed by atoms with E-state index in [1.165, 1.54) is 49.9 Å². The molecule has 0 bridgehead atoms. The summed E-state index contributed by atoms with van der Waals surface area (Å²) in [6.45, 7) is 10.8. The summed E-state index contributed by atoms with van der Waals surface area (Å²) in [6.07, 6.45) is 7.29. The summed E-state index contributed by atoms with van der Waals surface area (Å²) in [7, 11) is 0. The smallest absolute Gasteiger partial charge is 0.0798 e. The standard InChI is InChI=1S/C15H23BrN2/c1-11(10-17-13(3)16)12(2)14-6-8-18(9-7-14)15-4-5-15/h10,14-15H,2,4-9H2,1,3H3/b11-10+,17-13+. The van der Waals surface area contributed by atoms with Crippen LogP contribution in [0, 0.1) is 5.92 Å². The van der Waals surface area contributed by atoms with E-state index in [0.29, 0.717) is 5.92 Å². The van der Waals surface area contributed by atoms with E-state index in [-0.39, 0.29) is 0 Å². The lowest BCUT2D eigenvalue weighted by atomic mass is 9.86. The molecular weight excluding hydrogens is 288 g/mol. The average Bonchev–Trinajstić information content (AvgIpc) is 3.19. The number of allylic oxidation sites excluding steroid dienone is 2. The number of aliphatic imine (C=N–C) groups is 1. The maximum Gasteiger partial charge on any atom is 0.0798 e. The third-order valence-corrected chi connectivity index (χ3v) is 4.23. The Labute approximate surface area is 119 Å². The van der Waals surface area contributed by atoms with Crippen molar-refractivity contribution in [1.82, 2.24) is 4.90 Å². The number of hydrogen-bond acceptors (Lipinski definition) is 2. The van der Waals surface area contributed by atoms with Crippen LogP contribution in [0.3, 0.4) is 0 Å². The van der Waals surface area contributed by atoms with Crippen LogP contribution in [-0.2, 0) is 0 Å². The van der Waals surface area contributed by atoms with E-state index in [1.54, 1.807) is 0 Å². The van der Waals surface area contributed by atoms with E-state index in [9.17, 15) is 0 Å². The van der Waals surface area contributed by atoms with Gasteiger partial charge in [0, 0.05) is 12.2 Å². The summed E-state index contributed by atoms with van der Waals surface area (Å²) in [4.78, 5) is 6.95. The molecule has 100 valence electrons. The predicted octanol–water partition coefficient (Wildman–Crippen LogP) is 4.13. The second kappa shape index (κ2) is 6.16. The van der Waals surface area contributed by atoms with Crippen molar-refractivity contribution in [2.45, 2.75) is 45.6 Å². The molecule has 1 saturated carbocycles. The Morgan fingerprint density at radius 2 is 1.83 bits per heavy atom. The zero-order chi connectivity index (χ0) is 13.1. The van der Waals surface area contributed by atoms with Crippen LogP contribution in [-0.4, -0.2) is 28.7 Å². The van der Waals surface area contributed by atoms with E-state index in [2.05, 4.69) is 39.3 Å². The maximum absolute atomic E-state index is 4.29. The van der Waals surface area contributed by atoms with Gasteiger partial charge in [-0.2, -0.15) is 0 Å². The summed E-state index contributed by atoms with van der Waals surface area (Å²) < 4.78 is 0.915. The van der Waals surface area contributed by atoms with Crippen molar-refractivity contribution < 1.29 is 0 Å². The molecule has 2 rings (SSSR count). The summed E-state index contributed by atoms with van der Waals surface area (Å²) >= 11 is 3.35. The fourth-order valence-electron chi connectivity index (χ4n) is 2.64. The van der Waals surface area contributed by atoms with Crippen molar-refractivity contribution in [2.75, 3.05) is 13.1 Å². The van der Waals surface area contributed by atoms with Gasteiger partial charge in [-0.3, -0.25) is 4.99 Å². The summed E-state index contributed by atoms with van der Waals surface area (Å²) in [5, 5.41) is 0. The topological polar surface area (TPSA) is 15.6 Å². The minimum atomic E-state index is 0.655. The fraction of sp³-hybridized carbons (Fsp3) is 0.667. The minimum Gasteiger partial charge on any atom is -0.300 e. The minimum absolute atomic E-state index is 0.655. The van der Waals surface area contributed by atoms with Crippen molar-refractivity contribution in [3.8, 4) is 0 Å². The molecule has 1 aliphatic carbocycles. The van der Waals surface area contributed by atoms with Gasteiger partial charge in [-0.25, -0.2) is 0 Å². The van der Waals surface area contributed by atoms with Crippen LogP contribution in [0.1, 0.15) is 39.5 Å². The highest BCUT2D eigenvalue weighted by Gasteiger charge is 2.32. The molecule has 1 saturated heterocycles. The number of piperidine rings is 1. The zero-order valence-electron chi connectivity index (χ0n) is 11.5. The van der Waals surface area contributed by atoms with Crippen molar-refractivity contribution in [2.24, 2.45) is 10.9 Å². The molecule has 2 fully saturated rings. The van der Waals surface area contributed by atoms with Gasteiger partial charge in [0.1, 0.15) is 0 Å². The number of hydrogen-bond donors (Lipinski definition) is 0. The average molecular weight is 311 g/mol. The van der Waals surface area contributed by atoms with Gasteiger partial charge in [0.2, 0.25) is 0 Å². The Bertz CT molecular complexity index is 368. The largest absolute Gasteiger partial charge is 0.300 e. The SMILES string of the molecule is C=C(/C(C)=C/N=C(\C)Br)C1CCN(C2CC2)CC1. The molecule has 0 unspecified atom stereocenters. The van der Waals surface area contributed by atoms with Gasteiger partial charge in [0.05, 0.1) is 4.62 Å². The summed E-state index contributed by atoms with van der Waals surface area (Å²) in [5.74, 6) is 0.655. The molecule has 18 heavy (non-hydrogen) atoms. The van der Waals surface area contributed by atoms with Crippen molar-refractivity contribution in [3.05, 3.63) is 23.9 Å². The van der Waals surface area contributed by atoms with Crippen molar-refractivity contribution >= 4 is 20.6 Å². The zero-order valence-corrected chi connectivity index (χ0v) is 13.0. The molecule has 0 aromatic carbocycles. The molecule has 0 aromatic rings. The molecular formula is C15H23BrN2. The van der Waals surface area contributed by atoms with Crippen LogP contribution in [0.15, 0.2) is 28.9 Å². The Balaban J connectivity index is 1.86. The molecule has 1 aliphatic heterocycles. The van der Waals surface area contributed by atoms with Gasteiger partial charge < -0.3 is 4.90 Å². The third-order valence-electron chi connectivity index (χ3n) is 4.03. The van der Waals surface area contributed by atoms with Gasteiger partial charge in [0.15, 0.2) is 0 Å². The first-order valence-electron chi connectivity index (χ1n) is 6.88. The third kappa shape index (κ3) is 3.79. The maximum atomic E-state index is 4.29. The Kier molecular flexibility index (Phi) is 4.79. The first kappa shape index (κ1) is 14.0. The van der Waals surface area contributed by atoms with Crippen LogP contribution in [0.4, 0.5) is 0 Å². The van der Waals surface area contributed by atoms with Crippen LogP contribution >= 0.6 is 15.9 Å². The lowest BCUT2D eigenvalue weighted by Crippen LogP contribution is -2.35. The molecule has 0 N–H and O–H groups in total. The highest BCUT2D eigenvalue weighted by Crippen LogP contribution is 2.34. The van der Waals surface area contributed by atoms with Gasteiger partial charge in [-0.15, -0.1) is 0 Å². The highest BCUT2D eigenvalue weighted by atomic mass is 79.9. The van der Waals surface area contributed by atoms with Crippen molar-refractivity contribution in [3.63, 3.8) is 0 Å². The van der Waals surface area contributed by atoms with Crippen LogP contribution in [0.25, 0.3) is 0 Å². The number of halogens is 1. The molecule has 2 aliphatic rings. The molecule has 2 nitrogen and oxygen atoms in total. The van der Waals surface area contributed by atoms with E-state index >= 15 is 0 Å². The van der Waals surface area contributed by atoms with E-state index in [1.807, 2.05) is 13.1 Å². The van der Waals surface area contributed by atoms with Gasteiger partial charge in [-0.1, -0.05) is 6.58 Å². The van der Waals surface area contributed by atoms with Crippen LogP contribution < -0.4 is 0 Å². The lowest BCUT2D eigenvalue weighted by molar-refractivity contribution is 0.191.